The summed E-state index contributed by atoms with van der Waals surface area (Å²) in [6, 6.07) is 0. The molecule has 3 unspecified atom stereocenters. The number of hydrogen-bond donors (Lipinski definition) is 3. The summed E-state index contributed by atoms with van der Waals surface area (Å²) < 4.78 is 68.3. The van der Waals surface area contributed by atoms with Crippen molar-refractivity contribution < 1.29 is 80.2 Å². The van der Waals surface area contributed by atoms with Gasteiger partial charge in [0.1, 0.15) is 19.3 Å². The normalized spacial score (nSPS) is 14.3. The van der Waals surface area contributed by atoms with E-state index in [-0.39, 0.29) is 25.7 Å². The number of phosphoric acid groups is 2. The Bertz CT molecular complexity index is 1810. The molecule has 0 saturated heterocycles. The second kappa shape index (κ2) is 66.0. The lowest BCUT2D eigenvalue weighted by Crippen LogP contribution is -2.30. The highest BCUT2D eigenvalue weighted by atomic mass is 31.2. The number of carbonyl (C=O) groups excluding carboxylic acids is 4. The molecule has 0 bridgehead atoms. The highest BCUT2D eigenvalue weighted by Gasteiger charge is 2.30. The molecule has 3 N–H and O–H groups in total. The van der Waals surface area contributed by atoms with Crippen LogP contribution in [0.1, 0.15) is 382 Å². The zero-order chi connectivity index (χ0) is 68.6. The Labute approximate surface area is 568 Å². The maximum atomic E-state index is 13.1. The molecule has 0 aromatic rings. The van der Waals surface area contributed by atoms with Gasteiger partial charge in [0.25, 0.3) is 0 Å². The third-order valence-electron chi connectivity index (χ3n) is 17.6. The van der Waals surface area contributed by atoms with E-state index in [1.165, 1.54) is 186 Å². The minimum atomic E-state index is -4.95. The van der Waals surface area contributed by atoms with Gasteiger partial charge in [0.15, 0.2) is 12.2 Å². The topological polar surface area (TPSA) is 237 Å². The predicted octanol–water partition coefficient (Wildman–Crippen LogP) is 21.6. The molecule has 0 aromatic heterocycles. The first-order valence-electron chi connectivity index (χ1n) is 38.5. The Morgan fingerprint density at radius 1 is 0.312 bits per heavy atom. The van der Waals surface area contributed by atoms with Crippen LogP contribution in [0, 0.1) is 11.8 Å². The minimum absolute atomic E-state index is 0.105. The van der Waals surface area contributed by atoms with Crippen molar-refractivity contribution in [3.05, 3.63) is 0 Å². The molecular weight excluding hydrogens is 1220 g/mol. The summed E-state index contributed by atoms with van der Waals surface area (Å²) in [7, 11) is -9.90. The van der Waals surface area contributed by atoms with Gasteiger partial charge >= 0.3 is 39.5 Å². The SMILES string of the molecule is CCCCCCCCCCCCCCCCCCCCCCC(=O)O[C@H](COC(=O)CCCCCCCCCCCCC(C)CC)COP(=O)(O)OC[C@@H](O)COP(=O)(O)OC[C@@H](COC(=O)CCCCCCCCC)OC(=O)CCCCCCCCCCCC(C)C. The van der Waals surface area contributed by atoms with Gasteiger partial charge in [-0.2, -0.15) is 0 Å². The molecule has 0 aliphatic heterocycles. The van der Waals surface area contributed by atoms with Crippen LogP contribution >= 0.6 is 15.6 Å². The standard InChI is InChI=1S/C74H144O17P2/c1-7-10-12-14-16-17-18-19-20-21-22-23-24-25-26-27-34-40-46-52-58-73(78)91-70(63-85-72(77)57-51-45-39-33-29-28-32-38-43-49-55-67(6)9-3)65-89-93(82,83)87-61-68(75)60-86-92(80,81)88-64-69(62-84-71(76)56-50-44-36-15-13-11-8-2)90-74(79)59-53-47-41-35-30-31-37-42-48-54-66(4)5/h66-70,75H,7-65H2,1-6H3,(H,80,81)(H,82,83)/t67?,68-,69+,70+/m0/s1. The summed E-state index contributed by atoms with van der Waals surface area (Å²) in [5.41, 5.74) is 0. The van der Waals surface area contributed by atoms with Gasteiger partial charge in [0.05, 0.1) is 26.4 Å². The van der Waals surface area contributed by atoms with Crippen molar-refractivity contribution in [2.75, 3.05) is 39.6 Å². The van der Waals surface area contributed by atoms with Crippen LogP contribution < -0.4 is 0 Å². The fourth-order valence-corrected chi connectivity index (χ4v) is 12.8. The molecule has 552 valence electrons. The van der Waals surface area contributed by atoms with Gasteiger partial charge < -0.3 is 33.8 Å². The van der Waals surface area contributed by atoms with Gasteiger partial charge in [-0.25, -0.2) is 9.13 Å². The smallest absolute Gasteiger partial charge is 0.462 e. The molecule has 0 aliphatic rings. The monoisotopic (exact) mass is 1370 g/mol. The van der Waals surface area contributed by atoms with E-state index in [9.17, 15) is 43.2 Å². The number of hydrogen-bond acceptors (Lipinski definition) is 15. The fraction of sp³-hybridized carbons (Fsp3) is 0.946. The average molecular weight is 1370 g/mol. The zero-order valence-corrected chi connectivity index (χ0v) is 62.3. The Morgan fingerprint density at radius 2 is 0.548 bits per heavy atom. The number of aliphatic hydroxyl groups is 1. The molecule has 0 aromatic carbocycles. The number of ether oxygens (including phenoxy) is 4. The first-order valence-corrected chi connectivity index (χ1v) is 41.5. The Morgan fingerprint density at radius 3 is 0.817 bits per heavy atom. The molecule has 0 fully saturated rings. The van der Waals surface area contributed by atoms with Crippen molar-refractivity contribution in [3.63, 3.8) is 0 Å². The van der Waals surface area contributed by atoms with E-state index in [2.05, 4.69) is 41.5 Å². The number of aliphatic hydroxyl groups excluding tert-OH is 1. The Kier molecular flexibility index (Phi) is 64.6. The lowest BCUT2D eigenvalue weighted by Gasteiger charge is -2.21. The highest BCUT2D eigenvalue weighted by Crippen LogP contribution is 2.45. The van der Waals surface area contributed by atoms with Crippen molar-refractivity contribution in [2.24, 2.45) is 11.8 Å². The van der Waals surface area contributed by atoms with Gasteiger partial charge in [0, 0.05) is 25.7 Å². The van der Waals surface area contributed by atoms with Gasteiger partial charge in [-0.1, -0.05) is 330 Å². The van der Waals surface area contributed by atoms with Crippen LogP contribution in [0.4, 0.5) is 0 Å². The first-order chi connectivity index (χ1) is 44.9. The van der Waals surface area contributed by atoms with E-state index in [0.29, 0.717) is 25.7 Å². The molecule has 17 nitrogen and oxygen atoms in total. The summed E-state index contributed by atoms with van der Waals surface area (Å²) in [4.78, 5) is 72.6. The second-order valence-corrected chi connectivity index (χ2v) is 30.3. The molecule has 0 aliphatic carbocycles. The van der Waals surface area contributed by atoms with Crippen molar-refractivity contribution in [2.45, 2.75) is 400 Å². The maximum Gasteiger partial charge on any atom is 0.472 e. The number of phosphoric ester groups is 2. The van der Waals surface area contributed by atoms with Crippen LogP contribution in [-0.2, 0) is 65.4 Å². The molecule has 6 atom stereocenters. The van der Waals surface area contributed by atoms with Gasteiger partial charge in [-0.3, -0.25) is 37.3 Å². The molecule has 93 heavy (non-hydrogen) atoms. The fourth-order valence-electron chi connectivity index (χ4n) is 11.3. The summed E-state index contributed by atoms with van der Waals surface area (Å²) >= 11 is 0. The zero-order valence-electron chi connectivity index (χ0n) is 60.6. The summed E-state index contributed by atoms with van der Waals surface area (Å²) in [5.74, 6) is -0.578. The lowest BCUT2D eigenvalue weighted by atomic mass is 9.99. The van der Waals surface area contributed by atoms with Crippen LogP contribution in [0.2, 0.25) is 0 Å². The van der Waals surface area contributed by atoms with E-state index < -0.39 is 97.5 Å². The highest BCUT2D eigenvalue weighted by molar-refractivity contribution is 7.47. The largest absolute Gasteiger partial charge is 0.472 e. The van der Waals surface area contributed by atoms with E-state index in [1.807, 2.05) is 0 Å². The van der Waals surface area contributed by atoms with Crippen LogP contribution in [0.3, 0.4) is 0 Å². The van der Waals surface area contributed by atoms with Gasteiger partial charge in [-0.15, -0.1) is 0 Å². The quantitative estimate of drug-likeness (QED) is 0.0222. The van der Waals surface area contributed by atoms with Crippen molar-refractivity contribution in [3.8, 4) is 0 Å². The average Bonchev–Trinajstić information content (AvgIpc) is 1.72. The first kappa shape index (κ1) is 91.1. The number of unbranched alkanes of at least 4 members (excludes halogenated alkanes) is 42. The minimum Gasteiger partial charge on any atom is -0.462 e. The molecule has 0 spiro atoms. The summed E-state index contributed by atoms with van der Waals surface area (Å²) in [5, 5.41) is 10.6. The lowest BCUT2D eigenvalue weighted by molar-refractivity contribution is -0.161. The Hall–Kier alpha value is -1.94. The number of rotatable bonds is 73. The van der Waals surface area contributed by atoms with Gasteiger partial charge in [-0.05, 0) is 37.5 Å². The molecule has 0 heterocycles. The molecule has 19 heteroatoms. The van der Waals surface area contributed by atoms with Crippen LogP contribution in [0.15, 0.2) is 0 Å². The van der Waals surface area contributed by atoms with Crippen LogP contribution in [0.25, 0.3) is 0 Å². The van der Waals surface area contributed by atoms with Crippen molar-refractivity contribution in [1.82, 2.24) is 0 Å². The van der Waals surface area contributed by atoms with Gasteiger partial charge in [0.2, 0.25) is 0 Å². The van der Waals surface area contributed by atoms with E-state index in [1.54, 1.807) is 0 Å². The van der Waals surface area contributed by atoms with E-state index in [0.717, 1.165) is 115 Å². The van der Waals surface area contributed by atoms with Crippen molar-refractivity contribution >= 4 is 39.5 Å². The maximum absolute atomic E-state index is 13.1. The van der Waals surface area contributed by atoms with Crippen LogP contribution in [0.5, 0.6) is 0 Å². The van der Waals surface area contributed by atoms with E-state index in [4.69, 9.17) is 37.0 Å². The number of carbonyl (C=O) groups is 4. The van der Waals surface area contributed by atoms with Crippen LogP contribution in [-0.4, -0.2) is 96.7 Å². The second-order valence-electron chi connectivity index (χ2n) is 27.4. The summed E-state index contributed by atoms with van der Waals surface area (Å²) in [6.07, 6.45) is 52.9. The molecular formula is C74H144O17P2. The predicted molar refractivity (Wildman–Crippen MR) is 377 cm³/mol. The molecule has 0 saturated carbocycles. The Balaban J connectivity index is 5.18. The summed E-state index contributed by atoms with van der Waals surface area (Å²) in [6.45, 7) is 9.54. The molecule has 0 amide bonds. The third kappa shape index (κ3) is 67.0. The van der Waals surface area contributed by atoms with Crippen molar-refractivity contribution in [1.29, 1.82) is 0 Å². The molecule has 0 radical (unpaired) electrons. The third-order valence-corrected chi connectivity index (χ3v) is 19.5. The number of esters is 4. The molecule has 0 rings (SSSR count). The van der Waals surface area contributed by atoms with E-state index >= 15 is 0 Å².